The number of carboxylic acids is 1. The van der Waals surface area contributed by atoms with E-state index in [4.69, 9.17) is 5.11 Å². The van der Waals surface area contributed by atoms with Gasteiger partial charge >= 0.3 is 5.97 Å². The van der Waals surface area contributed by atoms with Gasteiger partial charge in [0.15, 0.2) is 0 Å². The number of nitrogens with one attached hydrogen (secondary N) is 1. The highest BCUT2D eigenvalue weighted by Crippen LogP contribution is 2.22. The third kappa shape index (κ3) is 3.90. The van der Waals surface area contributed by atoms with Crippen LogP contribution in [0.2, 0.25) is 0 Å². The van der Waals surface area contributed by atoms with Crippen molar-refractivity contribution in [2.45, 2.75) is 33.6 Å². The molecule has 17 heavy (non-hydrogen) atoms. The van der Waals surface area contributed by atoms with Gasteiger partial charge in [-0.2, -0.15) is 0 Å². The molecule has 1 rings (SSSR count). The van der Waals surface area contributed by atoms with Crippen LogP contribution in [-0.2, 0) is 9.59 Å². The predicted molar refractivity (Wildman–Crippen MR) is 66.2 cm³/mol. The van der Waals surface area contributed by atoms with Crippen molar-refractivity contribution >= 4 is 17.6 Å². The number of anilines is 1. The number of hydrogen-bond acceptors (Lipinski definition) is 2. The number of hydrogen-bond donors (Lipinski definition) is 2. The number of amides is 1. The van der Waals surface area contributed by atoms with Gasteiger partial charge in [-0.3, -0.25) is 9.59 Å². The fourth-order valence-corrected chi connectivity index (χ4v) is 1.80. The SMILES string of the molecule is Cc1cc(C)c(NC(=O)CCC(=O)O)c(C)c1. The van der Waals surface area contributed by atoms with Gasteiger partial charge in [0.25, 0.3) is 0 Å². The Morgan fingerprint density at radius 1 is 1.12 bits per heavy atom. The van der Waals surface area contributed by atoms with E-state index in [1.807, 2.05) is 32.9 Å². The minimum atomic E-state index is -0.961. The van der Waals surface area contributed by atoms with E-state index < -0.39 is 5.97 Å². The van der Waals surface area contributed by atoms with Crippen molar-refractivity contribution < 1.29 is 14.7 Å². The monoisotopic (exact) mass is 235 g/mol. The van der Waals surface area contributed by atoms with Crippen molar-refractivity contribution in [2.75, 3.05) is 5.32 Å². The van der Waals surface area contributed by atoms with Crippen molar-refractivity contribution in [3.05, 3.63) is 28.8 Å². The summed E-state index contributed by atoms with van der Waals surface area (Å²) in [6.45, 7) is 5.84. The maximum Gasteiger partial charge on any atom is 0.303 e. The summed E-state index contributed by atoms with van der Waals surface area (Å²) < 4.78 is 0. The molecule has 0 saturated carbocycles. The molecule has 1 aromatic rings. The topological polar surface area (TPSA) is 66.4 Å². The van der Waals surface area contributed by atoms with Gasteiger partial charge in [-0.1, -0.05) is 17.7 Å². The molecule has 0 aliphatic heterocycles. The van der Waals surface area contributed by atoms with Crippen molar-refractivity contribution in [3.8, 4) is 0 Å². The minimum Gasteiger partial charge on any atom is -0.481 e. The maximum atomic E-state index is 11.5. The lowest BCUT2D eigenvalue weighted by Gasteiger charge is -2.12. The third-order valence-electron chi connectivity index (χ3n) is 2.51. The van der Waals surface area contributed by atoms with Gasteiger partial charge in [-0.15, -0.1) is 0 Å². The molecule has 0 fully saturated rings. The second-order valence-corrected chi connectivity index (χ2v) is 4.22. The van der Waals surface area contributed by atoms with Crippen LogP contribution in [0, 0.1) is 20.8 Å². The van der Waals surface area contributed by atoms with E-state index in [-0.39, 0.29) is 18.7 Å². The van der Waals surface area contributed by atoms with E-state index in [2.05, 4.69) is 5.32 Å². The highest BCUT2D eigenvalue weighted by Gasteiger charge is 2.09. The van der Waals surface area contributed by atoms with Crippen LogP contribution in [0.25, 0.3) is 0 Å². The van der Waals surface area contributed by atoms with Crippen LogP contribution in [0.5, 0.6) is 0 Å². The molecular weight excluding hydrogens is 218 g/mol. The molecule has 2 N–H and O–H groups in total. The fourth-order valence-electron chi connectivity index (χ4n) is 1.80. The number of aryl methyl sites for hydroxylation is 3. The summed E-state index contributed by atoms with van der Waals surface area (Å²) >= 11 is 0. The summed E-state index contributed by atoms with van der Waals surface area (Å²) in [5.41, 5.74) is 3.91. The van der Waals surface area contributed by atoms with Crippen LogP contribution >= 0.6 is 0 Å². The molecule has 1 amide bonds. The maximum absolute atomic E-state index is 11.5. The van der Waals surface area contributed by atoms with E-state index in [9.17, 15) is 9.59 Å². The molecule has 4 heteroatoms. The normalized spacial score (nSPS) is 10.1. The van der Waals surface area contributed by atoms with Crippen LogP contribution < -0.4 is 5.32 Å². The average Bonchev–Trinajstić information content (AvgIpc) is 2.20. The van der Waals surface area contributed by atoms with Gasteiger partial charge in [-0.05, 0) is 31.9 Å². The molecule has 0 radical (unpaired) electrons. The Bertz CT molecular complexity index is 429. The van der Waals surface area contributed by atoms with Gasteiger partial charge < -0.3 is 10.4 Å². The van der Waals surface area contributed by atoms with Gasteiger partial charge in [0.2, 0.25) is 5.91 Å². The van der Waals surface area contributed by atoms with Gasteiger partial charge in [0.1, 0.15) is 0 Å². The Morgan fingerprint density at radius 3 is 2.12 bits per heavy atom. The Balaban J connectivity index is 2.75. The molecule has 92 valence electrons. The molecule has 0 atom stereocenters. The van der Waals surface area contributed by atoms with Crippen molar-refractivity contribution in [2.24, 2.45) is 0 Å². The molecule has 0 bridgehead atoms. The average molecular weight is 235 g/mol. The van der Waals surface area contributed by atoms with E-state index in [0.717, 1.165) is 22.4 Å². The largest absolute Gasteiger partial charge is 0.481 e. The molecule has 0 heterocycles. The van der Waals surface area contributed by atoms with Crippen LogP contribution in [-0.4, -0.2) is 17.0 Å². The number of rotatable bonds is 4. The first-order valence-corrected chi connectivity index (χ1v) is 5.49. The van der Waals surface area contributed by atoms with Gasteiger partial charge in [-0.25, -0.2) is 0 Å². The zero-order valence-corrected chi connectivity index (χ0v) is 10.3. The van der Waals surface area contributed by atoms with E-state index in [1.165, 1.54) is 0 Å². The molecule has 0 aliphatic carbocycles. The summed E-state index contributed by atoms with van der Waals surface area (Å²) in [6.07, 6.45) is -0.141. The first kappa shape index (κ1) is 13.2. The number of benzene rings is 1. The Morgan fingerprint density at radius 2 is 1.65 bits per heavy atom. The second-order valence-electron chi connectivity index (χ2n) is 4.22. The molecule has 0 aliphatic rings. The zero-order chi connectivity index (χ0) is 13.0. The summed E-state index contributed by atoms with van der Waals surface area (Å²) in [5.74, 6) is -1.22. The van der Waals surface area contributed by atoms with E-state index in [0.29, 0.717) is 0 Å². The summed E-state index contributed by atoms with van der Waals surface area (Å²) in [7, 11) is 0. The van der Waals surface area contributed by atoms with Crippen LogP contribution in [0.3, 0.4) is 0 Å². The molecule has 1 aromatic carbocycles. The van der Waals surface area contributed by atoms with Crippen LogP contribution in [0.1, 0.15) is 29.5 Å². The second kappa shape index (κ2) is 5.48. The lowest BCUT2D eigenvalue weighted by Crippen LogP contribution is -2.15. The molecule has 0 aromatic heterocycles. The van der Waals surface area contributed by atoms with Crippen molar-refractivity contribution in [3.63, 3.8) is 0 Å². The molecule has 0 spiro atoms. The lowest BCUT2D eigenvalue weighted by atomic mass is 10.0. The first-order valence-electron chi connectivity index (χ1n) is 5.49. The molecule has 0 unspecified atom stereocenters. The highest BCUT2D eigenvalue weighted by molar-refractivity contribution is 5.93. The molecule has 4 nitrogen and oxygen atoms in total. The Labute approximate surface area is 101 Å². The molecular formula is C13H17NO3. The Kier molecular flexibility index (Phi) is 4.26. The fraction of sp³-hybridized carbons (Fsp3) is 0.385. The van der Waals surface area contributed by atoms with Gasteiger partial charge in [0.05, 0.1) is 6.42 Å². The minimum absolute atomic E-state index is 0.00207. The smallest absolute Gasteiger partial charge is 0.303 e. The van der Waals surface area contributed by atoms with E-state index in [1.54, 1.807) is 0 Å². The quantitative estimate of drug-likeness (QED) is 0.842. The zero-order valence-electron chi connectivity index (χ0n) is 10.3. The number of carbonyl (C=O) groups excluding carboxylic acids is 1. The van der Waals surface area contributed by atoms with E-state index >= 15 is 0 Å². The standard InChI is InChI=1S/C13H17NO3/c1-8-6-9(2)13(10(3)7-8)14-11(15)4-5-12(16)17/h6-7H,4-5H2,1-3H3,(H,14,15)(H,16,17). The van der Waals surface area contributed by atoms with Crippen molar-refractivity contribution in [1.29, 1.82) is 0 Å². The number of aliphatic carboxylic acids is 1. The van der Waals surface area contributed by atoms with Gasteiger partial charge in [0, 0.05) is 12.1 Å². The summed E-state index contributed by atoms with van der Waals surface area (Å²) in [4.78, 5) is 21.9. The third-order valence-corrected chi connectivity index (χ3v) is 2.51. The summed E-state index contributed by atoms with van der Waals surface area (Å²) in [6, 6.07) is 3.97. The van der Waals surface area contributed by atoms with Crippen molar-refractivity contribution in [1.82, 2.24) is 0 Å². The summed E-state index contributed by atoms with van der Waals surface area (Å²) in [5, 5.41) is 11.3. The van der Waals surface area contributed by atoms with Crippen LogP contribution in [0.15, 0.2) is 12.1 Å². The van der Waals surface area contributed by atoms with Crippen LogP contribution in [0.4, 0.5) is 5.69 Å². The number of carbonyl (C=O) groups is 2. The number of carboxylic acid groups (broad SMARTS) is 1. The first-order chi connectivity index (χ1) is 7.90. The molecule has 0 saturated heterocycles. The predicted octanol–water partition coefficient (Wildman–Crippen LogP) is 2.42. The highest BCUT2D eigenvalue weighted by atomic mass is 16.4. The lowest BCUT2D eigenvalue weighted by molar-refractivity contribution is -0.138. The Hall–Kier alpha value is -1.84.